The molecule has 6 nitrogen and oxygen atoms in total. The molecule has 3 rings (SSSR count). The van der Waals surface area contributed by atoms with Crippen LogP contribution in [-0.2, 0) is 0 Å². The average molecular weight is 287 g/mol. The van der Waals surface area contributed by atoms with Gasteiger partial charge in [-0.1, -0.05) is 0 Å². The van der Waals surface area contributed by atoms with Crippen molar-refractivity contribution in [2.75, 3.05) is 26.2 Å². The number of carbonyl (C=O) groups excluding carboxylic acids is 1. The van der Waals surface area contributed by atoms with E-state index >= 15 is 0 Å². The molecule has 2 fully saturated rings. The van der Waals surface area contributed by atoms with Gasteiger partial charge in [-0.3, -0.25) is 4.57 Å². The summed E-state index contributed by atoms with van der Waals surface area (Å²) in [5.41, 5.74) is 0.600. The Morgan fingerprint density at radius 3 is 2.57 bits per heavy atom. The third-order valence-electron chi connectivity index (χ3n) is 4.83. The van der Waals surface area contributed by atoms with E-state index in [1.165, 1.54) is 29.9 Å². The second kappa shape index (κ2) is 5.15. The number of hydrogen-bond donors (Lipinski definition) is 0. The van der Waals surface area contributed by atoms with Gasteiger partial charge in [0.15, 0.2) is 5.69 Å². The number of nitriles is 1. The fourth-order valence-corrected chi connectivity index (χ4v) is 3.38. The van der Waals surface area contributed by atoms with Gasteiger partial charge in [0.2, 0.25) is 0 Å². The van der Waals surface area contributed by atoms with E-state index in [4.69, 9.17) is 5.26 Å². The van der Waals surface area contributed by atoms with Crippen molar-refractivity contribution in [2.45, 2.75) is 32.7 Å². The quantitative estimate of drug-likeness (QED) is 0.785. The van der Waals surface area contributed by atoms with Crippen LogP contribution in [0.3, 0.4) is 0 Å². The molecule has 2 aliphatic rings. The maximum atomic E-state index is 12.3. The van der Waals surface area contributed by atoms with Gasteiger partial charge in [-0.25, -0.2) is 9.78 Å². The number of carbonyl (C=O) groups is 1. The van der Waals surface area contributed by atoms with Crippen molar-refractivity contribution in [3.63, 3.8) is 0 Å². The molecule has 1 amide bonds. The Kier molecular flexibility index (Phi) is 3.46. The maximum Gasteiger partial charge on any atom is 0.329 e. The lowest BCUT2D eigenvalue weighted by Gasteiger charge is -2.54. The number of aromatic nitrogens is 2. The molecule has 0 aliphatic carbocycles. The molecule has 2 saturated heterocycles. The summed E-state index contributed by atoms with van der Waals surface area (Å²) in [6.45, 7) is 8.39. The summed E-state index contributed by atoms with van der Waals surface area (Å²) in [5, 5.41) is 8.76. The molecule has 3 heterocycles. The van der Waals surface area contributed by atoms with Crippen LogP contribution in [0.5, 0.6) is 0 Å². The Morgan fingerprint density at radius 2 is 2.05 bits per heavy atom. The number of nitrogens with zero attached hydrogens (tertiary/aromatic N) is 5. The first-order chi connectivity index (χ1) is 10.0. The highest BCUT2D eigenvalue weighted by Gasteiger charge is 2.47. The number of piperidine rings is 1. The molecule has 0 atom stereocenters. The lowest BCUT2D eigenvalue weighted by molar-refractivity contribution is -0.0273. The van der Waals surface area contributed by atoms with E-state index in [9.17, 15) is 4.79 Å². The molecule has 0 N–H and O–H groups in total. The first kappa shape index (κ1) is 14.1. The molecule has 0 radical (unpaired) electrons. The van der Waals surface area contributed by atoms with Gasteiger partial charge in [-0.2, -0.15) is 5.26 Å². The Hall–Kier alpha value is -1.87. The Labute approximate surface area is 125 Å². The van der Waals surface area contributed by atoms with E-state index < -0.39 is 0 Å². The molecule has 0 aromatic carbocycles. The molecule has 0 saturated carbocycles. The first-order valence-corrected chi connectivity index (χ1v) is 7.50. The van der Waals surface area contributed by atoms with Crippen molar-refractivity contribution < 1.29 is 4.79 Å². The van der Waals surface area contributed by atoms with E-state index in [1.807, 2.05) is 11.0 Å². The van der Waals surface area contributed by atoms with Gasteiger partial charge in [-0.15, -0.1) is 0 Å². The fourth-order valence-electron chi connectivity index (χ4n) is 3.38. The number of amides is 1. The third-order valence-corrected chi connectivity index (χ3v) is 4.83. The van der Waals surface area contributed by atoms with E-state index in [2.05, 4.69) is 23.7 Å². The predicted molar refractivity (Wildman–Crippen MR) is 77.7 cm³/mol. The summed E-state index contributed by atoms with van der Waals surface area (Å²) in [6.07, 6.45) is 5.26. The van der Waals surface area contributed by atoms with Crippen LogP contribution in [-0.4, -0.2) is 57.6 Å². The first-order valence-electron chi connectivity index (χ1n) is 7.50. The monoisotopic (exact) mass is 287 g/mol. The molecular formula is C15H21N5O. The predicted octanol–water partition coefficient (Wildman–Crippen LogP) is 1.53. The van der Waals surface area contributed by atoms with Crippen LogP contribution in [0.25, 0.3) is 0 Å². The van der Waals surface area contributed by atoms with Crippen LogP contribution in [0.15, 0.2) is 12.5 Å². The summed E-state index contributed by atoms with van der Waals surface area (Å²) in [7, 11) is 0. The molecule has 0 unspecified atom stereocenters. The molecule has 21 heavy (non-hydrogen) atoms. The molecular weight excluding hydrogens is 266 g/mol. The topological polar surface area (TPSA) is 65.2 Å². The maximum absolute atomic E-state index is 12.3. The van der Waals surface area contributed by atoms with E-state index in [0.29, 0.717) is 11.5 Å². The lowest BCUT2D eigenvalue weighted by Crippen LogP contribution is -2.62. The Balaban J connectivity index is 1.56. The van der Waals surface area contributed by atoms with Crippen molar-refractivity contribution in [2.24, 2.45) is 5.41 Å². The highest BCUT2D eigenvalue weighted by molar-refractivity contribution is 5.78. The molecule has 1 spiro atoms. The molecule has 1 aromatic heterocycles. The van der Waals surface area contributed by atoms with Crippen LogP contribution in [0.4, 0.5) is 4.79 Å². The summed E-state index contributed by atoms with van der Waals surface area (Å²) >= 11 is 0. The normalized spacial score (nSPS) is 21.3. The van der Waals surface area contributed by atoms with E-state index in [1.54, 1.807) is 0 Å². The Morgan fingerprint density at radius 1 is 1.38 bits per heavy atom. The zero-order valence-corrected chi connectivity index (χ0v) is 12.6. The zero-order valence-electron chi connectivity index (χ0n) is 12.6. The van der Waals surface area contributed by atoms with Gasteiger partial charge in [-0.05, 0) is 39.8 Å². The van der Waals surface area contributed by atoms with E-state index in [0.717, 1.165) is 26.2 Å². The molecule has 112 valence electrons. The van der Waals surface area contributed by atoms with Crippen LogP contribution < -0.4 is 0 Å². The summed E-state index contributed by atoms with van der Waals surface area (Å²) in [4.78, 5) is 20.5. The molecule has 0 bridgehead atoms. The smallest absolute Gasteiger partial charge is 0.323 e. The standard InChI is InChI=1S/C15H21N5O/c1-12(2)18-5-3-15(4-6-18)9-20(10-15)14(21)19-8-13(7-16)17-11-19/h8,11-12H,3-6,9-10H2,1-2H3. The van der Waals surface area contributed by atoms with Crippen molar-refractivity contribution in [1.82, 2.24) is 19.4 Å². The van der Waals surface area contributed by atoms with Crippen molar-refractivity contribution in [1.29, 1.82) is 5.26 Å². The number of likely N-dealkylation sites (tertiary alicyclic amines) is 2. The van der Waals surface area contributed by atoms with Gasteiger partial charge >= 0.3 is 6.03 Å². The van der Waals surface area contributed by atoms with Gasteiger partial charge < -0.3 is 9.80 Å². The minimum atomic E-state index is -0.0686. The summed E-state index contributed by atoms with van der Waals surface area (Å²) in [6, 6.07) is 2.48. The van der Waals surface area contributed by atoms with Gasteiger partial charge in [0, 0.05) is 24.5 Å². The van der Waals surface area contributed by atoms with Gasteiger partial charge in [0.05, 0.1) is 6.20 Å². The van der Waals surface area contributed by atoms with Crippen molar-refractivity contribution in [3.05, 3.63) is 18.2 Å². The van der Waals surface area contributed by atoms with Crippen LogP contribution >= 0.6 is 0 Å². The van der Waals surface area contributed by atoms with E-state index in [-0.39, 0.29) is 11.7 Å². The van der Waals surface area contributed by atoms with Gasteiger partial charge in [0.1, 0.15) is 12.4 Å². The second-order valence-electron chi connectivity index (χ2n) is 6.55. The molecule has 1 aromatic rings. The number of imidazole rings is 1. The second-order valence-corrected chi connectivity index (χ2v) is 6.55. The summed E-state index contributed by atoms with van der Waals surface area (Å²) < 4.78 is 1.41. The zero-order chi connectivity index (χ0) is 15.0. The third kappa shape index (κ3) is 2.54. The minimum Gasteiger partial charge on any atom is -0.323 e. The highest BCUT2D eigenvalue weighted by Crippen LogP contribution is 2.40. The molecule has 2 aliphatic heterocycles. The minimum absolute atomic E-state index is 0.0686. The number of hydrogen-bond acceptors (Lipinski definition) is 4. The fraction of sp³-hybridized carbons (Fsp3) is 0.667. The van der Waals surface area contributed by atoms with Crippen molar-refractivity contribution >= 4 is 6.03 Å². The Bertz CT molecular complexity index is 569. The van der Waals surface area contributed by atoms with Crippen LogP contribution in [0, 0.1) is 16.7 Å². The van der Waals surface area contributed by atoms with Crippen LogP contribution in [0.1, 0.15) is 32.4 Å². The number of rotatable bonds is 1. The highest BCUT2D eigenvalue weighted by atomic mass is 16.2. The van der Waals surface area contributed by atoms with Gasteiger partial charge in [0.25, 0.3) is 0 Å². The van der Waals surface area contributed by atoms with Crippen LogP contribution in [0.2, 0.25) is 0 Å². The largest absolute Gasteiger partial charge is 0.329 e. The summed E-state index contributed by atoms with van der Waals surface area (Å²) in [5.74, 6) is 0. The SMILES string of the molecule is CC(C)N1CCC2(CC1)CN(C(=O)n1cnc(C#N)c1)C2. The molecule has 6 heteroatoms. The average Bonchev–Trinajstić information content (AvgIpc) is 2.93. The van der Waals surface area contributed by atoms with Crippen molar-refractivity contribution in [3.8, 4) is 6.07 Å². The lowest BCUT2D eigenvalue weighted by atomic mass is 9.72.